The summed E-state index contributed by atoms with van der Waals surface area (Å²) < 4.78 is 10.3. The molecule has 2 aromatic rings. The van der Waals surface area contributed by atoms with Crippen molar-refractivity contribution in [2.45, 2.75) is 11.8 Å². The minimum atomic E-state index is -0.819. The van der Waals surface area contributed by atoms with Crippen LogP contribution in [0.15, 0.2) is 48.5 Å². The summed E-state index contributed by atoms with van der Waals surface area (Å²) in [7, 11) is 0. The Bertz CT molecular complexity index is 548. The zero-order chi connectivity index (χ0) is 14.4. The molecule has 20 heavy (non-hydrogen) atoms. The zero-order valence-electron chi connectivity index (χ0n) is 10.5. The molecule has 0 atom stereocenters. The van der Waals surface area contributed by atoms with Crippen LogP contribution >= 0.6 is 23.2 Å². The van der Waals surface area contributed by atoms with E-state index in [1.807, 2.05) is 12.1 Å². The smallest absolute Gasteiger partial charge is 0.394 e. The van der Waals surface area contributed by atoms with Crippen molar-refractivity contribution in [2.75, 3.05) is 0 Å². The lowest BCUT2D eigenvalue weighted by molar-refractivity contribution is 0.151. The molecule has 0 saturated carbocycles. The maximum Gasteiger partial charge on any atom is 0.519 e. The van der Waals surface area contributed by atoms with Crippen LogP contribution in [0, 0.1) is 0 Å². The molecule has 5 heteroatoms. The summed E-state index contributed by atoms with van der Waals surface area (Å²) in [5.74, 6) is 1.27. The summed E-state index contributed by atoms with van der Waals surface area (Å²) in [5, 5.41) is 0. The molecule has 0 fully saturated rings. The third-order valence-corrected chi connectivity index (χ3v) is 3.20. The molecule has 0 aliphatic rings. The Hall–Kier alpha value is -1.71. The van der Waals surface area contributed by atoms with E-state index in [1.165, 1.54) is 0 Å². The van der Waals surface area contributed by atoms with Gasteiger partial charge in [-0.3, -0.25) is 0 Å². The Morgan fingerprint density at radius 3 is 1.60 bits per heavy atom. The summed E-state index contributed by atoms with van der Waals surface area (Å²) in [6, 6.07) is 14.0. The zero-order valence-corrected chi connectivity index (χ0v) is 12.0. The van der Waals surface area contributed by atoms with Gasteiger partial charge in [-0.15, -0.1) is 23.2 Å². The van der Waals surface area contributed by atoms with Gasteiger partial charge in [-0.25, -0.2) is 4.79 Å². The van der Waals surface area contributed by atoms with Gasteiger partial charge in [0.2, 0.25) is 0 Å². The quantitative estimate of drug-likeness (QED) is 0.465. The lowest BCUT2D eigenvalue weighted by Crippen LogP contribution is -2.15. The minimum Gasteiger partial charge on any atom is -0.394 e. The normalized spacial score (nSPS) is 10.1. The number of hydrogen-bond acceptors (Lipinski definition) is 3. The maximum atomic E-state index is 11.8. The number of rotatable bonds is 4. The summed E-state index contributed by atoms with van der Waals surface area (Å²) in [5.41, 5.74) is 1.44. The fraction of sp³-hybridized carbons (Fsp3) is 0.133. The maximum absolute atomic E-state index is 11.8. The molecule has 0 aromatic heterocycles. The van der Waals surface area contributed by atoms with Crippen LogP contribution in [0.4, 0.5) is 4.79 Å². The van der Waals surface area contributed by atoms with Gasteiger partial charge in [-0.2, -0.15) is 0 Å². The molecule has 0 spiro atoms. The van der Waals surface area contributed by atoms with Crippen molar-refractivity contribution >= 4 is 29.4 Å². The van der Waals surface area contributed by atoms with Gasteiger partial charge in [0.1, 0.15) is 11.5 Å². The van der Waals surface area contributed by atoms with E-state index >= 15 is 0 Å². The first-order valence-corrected chi connectivity index (χ1v) is 6.99. The number of halogens is 2. The first-order chi connectivity index (χ1) is 9.74. The Balaban J connectivity index is 2.09. The van der Waals surface area contributed by atoms with Gasteiger partial charge in [0.25, 0.3) is 0 Å². The Labute approximate surface area is 127 Å². The number of carbonyl (C=O) groups excluding carboxylic acids is 1. The third kappa shape index (κ3) is 3.65. The van der Waals surface area contributed by atoms with Crippen LogP contribution in [0.5, 0.6) is 11.5 Å². The largest absolute Gasteiger partial charge is 0.519 e. The molecule has 0 amide bonds. The predicted molar refractivity (Wildman–Crippen MR) is 78.7 cm³/mol. The van der Waals surface area contributed by atoms with Gasteiger partial charge in [0.15, 0.2) is 0 Å². The van der Waals surface area contributed by atoms with Gasteiger partial charge in [-0.05, 0) is 12.1 Å². The van der Waals surface area contributed by atoms with Crippen LogP contribution in [0.2, 0.25) is 0 Å². The topological polar surface area (TPSA) is 35.5 Å². The summed E-state index contributed by atoms with van der Waals surface area (Å²) >= 11 is 11.5. The van der Waals surface area contributed by atoms with Gasteiger partial charge in [-0.1, -0.05) is 36.4 Å². The van der Waals surface area contributed by atoms with Crippen LogP contribution in [-0.2, 0) is 11.8 Å². The monoisotopic (exact) mass is 310 g/mol. The molecule has 3 nitrogen and oxygen atoms in total. The van der Waals surface area contributed by atoms with E-state index in [0.717, 1.165) is 11.1 Å². The molecule has 0 radical (unpaired) electrons. The highest BCUT2D eigenvalue weighted by molar-refractivity contribution is 6.17. The number of hydrogen-bond donors (Lipinski definition) is 0. The molecule has 104 valence electrons. The molecule has 2 rings (SSSR count). The van der Waals surface area contributed by atoms with Gasteiger partial charge >= 0.3 is 6.16 Å². The highest BCUT2D eigenvalue weighted by atomic mass is 35.5. The SMILES string of the molecule is O=C(Oc1ccccc1CCl)Oc1ccccc1CCl. The van der Waals surface area contributed by atoms with Crippen LogP contribution in [-0.4, -0.2) is 6.16 Å². The van der Waals surface area contributed by atoms with Crippen LogP contribution in [0.1, 0.15) is 11.1 Å². The van der Waals surface area contributed by atoms with E-state index in [1.54, 1.807) is 36.4 Å². The molecule has 0 heterocycles. The minimum absolute atomic E-state index is 0.252. The first-order valence-electron chi connectivity index (χ1n) is 5.92. The second-order valence-electron chi connectivity index (χ2n) is 3.94. The fourth-order valence-corrected chi connectivity index (χ4v) is 2.07. The van der Waals surface area contributed by atoms with E-state index in [0.29, 0.717) is 11.5 Å². The van der Waals surface area contributed by atoms with Crippen molar-refractivity contribution in [3.05, 3.63) is 59.7 Å². The first kappa shape index (κ1) is 14.7. The van der Waals surface area contributed by atoms with Gasteiger partial charge < -0.3 is 9.47 Å². The lowest BCUT2D eigenvalue weighted by atomic mass is 10.2. The highest BCUT2D eigenvalue weighted by Crippen LogP contribution is 2.23. The van der Waals surface area contributed by atoms with E-state index in [2.05, 4.69) is 0 Å². The van der Waals surface area contributed by atoms with Crippen LogP contribution in [0.25, 0.3) is 0 Å². The third-order valence-electron chi connectivity index (χ3n) is 2.62. The van der Waals surface area contributed by atoms with Gasteiger partial charge in [0.05, 0.1) is 11.8 Å². The molecule has 0 saturated heterocycles. The molecule has 0 N–H and O–H groups in total. The van der Waals surface area contributed by atoms with E-state index in [-0.39, 0.29) is 11.8 Å². The summed E-state index contributed by atoms with van der Waals surface area (Å²) in [6.07, 6.45) is -0.819. The van der Waals surface area contributed by atoms with Crippen LogP contribution < -0.4 is 9.47 Å². The average molecular weight is 311 g/mol. The van der Waals surface area contributed by atoms with E-state index < -0.39 is 6.16 Å². The van der Waals surface area contributed by atoms with Crippen LogP contribution in [0.3, 0.4) is 0 Å². The van der Waals surface area contributed by atoms with Crippen molar-refractivity contribution in [3.63, 3.8) is 0 Å². The van der Waals surface area contributed by atoms with Crippen molar-refractivity contribution in [2.24, 2.45) is 0 Å². The number of benzene rings is 2. The molecular formula is C15H12Cl2O3. The summed E-state index contributed by atoms with van der Waals surface area (Å²) in [6.45, 7) is 0. The number of para-hydroxylation sites is 2. The Kier molecular flexibility index (Phi) is 5.27. The second kappa shape index (κ2) is 7.17. The molecule has 0 aliphatic heterocycles. The van der Waals surface area contributed by atoms with Crippen molar-refractivity contribution < 1.29 is 14.3 Å². The number of ether oxygens (including phenoxy) is 2. The fourth-order valence-electron chi connectivity index (χ4n) is 1.63. The predicted octanol–water partition coefficient (Wildman–Crippen LogP) is 4.74. The second-order valence-corrected chi connectivity index (χ2v) is 4.47. The van der Waals surface area contributed by atoms with Crippen molar-refractivity contribution in [1.29, 1.82) is 0 Å². The Morgan fingerprint density at radius 1 is 0.800 bits per heavy atom. The van der Waals surface area contributed by atoms with Gasteiger partial charge in [0, 0.05) is 11.1 Å². The highest BCUT2D eigenvalue weighted by Gasteiger charge is 2.12. The molecule has 2 aromatic carbocycles. The molecule has 0 unspecified atom stereocenters. The van der Waals surface area contributed by atoms with Crippen molar-refractivity contribution in [3.8, 4) is 11.5 Å². The number of alkyl halides is 2. The van der Waals surface area contributed by atoms with Crippen molar-refractivity contribution in [1.82, 2.24) is 0 Å². The average Bonchev–Trinajstić information content (AvgIpc) is 2.48. The Morgan fingerprint density at radius 2 is 1.20 bits per heavy atom. The van der Waals surface area contributed by atoms with E-state index in [4.69, 9.17) is 32.7 Å². The molecule has 0 bridgehead atoms. The van der Waals surface area contributed by atoms with E-state index in [9.17, 15) is 4.79 Å². The molecule has 0 aliphatic carbocycles. The molecular weight excluding hydrogens is 299 g/mol. The summed E-state index contributed by atoms with van der Waals surface area (Å²) in [4.78, 5) is 11.8. The number of carbonyl (C=O) groups is 1. The standard InChI is InChI=1S/C15H12Cl2O3/c16-9-11-5-1-3-7-13(11)19-15(18)20-14-8-4-2-6-12(14)10-17/h1-8H,9-10H2. The lowest BCUT2D eigenvalue weighted by Gasteiger charge is -2.10.